The third-order valence-electron chi connectivity index (χ3n) is 9.94. The molecule has 8 bridgehead atoms. The number of hydrogen-bond acceptors (Lipinski definition) is 5. The Hall–Kier alpha value is -6.54. The molecule has 0 saturated heterocycles. The first-order valence-electron chi connectivity index (χ1n) is 17.6. The highest BCUT2D eigenvalue weighted by Gasteiger charge is 2.32. The van der Waals surface area contributed by atoms with Gasteiger partial charge in [-0.25, -0.2) is 9.98 Å². The van der Waals surface area contributed by atoms with Gasteiger partial charge in [0.2, 0.25) is 11.4 Å². The summed E-state index contributed by atoms with van der Waals surface area (Å²) in [5.41, 5.74) is 11.4. The average molecular weight is 777 g/mol. The number of nitrogens with two attached hydrogens (primary N) is 1. The number of nitrogens with one attached hydrogen (secondary N) is 2. The van der Waals surface area contributed by atoms with E-state index in [2.05, 4.69) is 15.3 Å². The summed E-state index contributed by atoms with van der Waals surface area (Å²) in [6.07, 6.45) is 12.0. The number of quaternary nitrogens is 1. The molecule has 5 heterocycles. The summed E-state index contributed by atoms with van der Waals surface area (Å²) in [5, 5.41) is 3.63. The van der Waals surface area contributed by atoms with Crippen molar-refractivity contribution < 1.29 is 36.3 Å². The van der Waals surface area contributed by atoms with E-state index in [-0.39, 0.29) is 9.79 Å². The summed E-state index contributed by atoms with van der Waals surface area (Å²) >= 11 is 0. The van der Waals surface area contributed by atoms with Gasteiger partial charge in [-0.2, -0.15) is 16.8 Å². The number of H-pyrrole nitrogens is 1. The molecule has 0 saturated carbocycles. The van der Waals surface area contributed by atoms with Crippen molar-refractivity contribution in [3.8, 4) is 0 Å². The molecule has 4 aromatic carbocycles. The standard InChI is InChI=1S/C44H30N4O6S2/c49-55(50,51)31-15-11-29(12-16-31)43-37-23-19-33(45-37)41(27-7-3-1-4-8-27)34-20-24-38(46-34)44(30-13-17-32(18-14-30)56(52,53)54)40-26-22-36(48-40)42(28-9-5-2-6-10-28)35-21-25-39(43)47-35/h1-26,45,48H,(H,49,50,51)(H,52,53,54)/p+2. The molecule has 4 aliphatic heterocycles. The zero-order chi connectivity index (χ0) is 38.6. The Balaban J connectivity index is 1.36. The minimum atomic E-state index is -4.40. The van der Waals surface area contributed by atoms with Crippen molar-refractivity contribution in [1.82, 2.24) is 4.98 Å². The molecule has 0 fully saturated rings. The van der Waals surface area contributed by atoms with Gasteiger partial charge >= 0.3 is 0 Å². The molecule has 5 aromatic rings. The fourth-order valence-electron chi connectivity index (χ4n) is 7.40. The molecule has 10 nitrogen and oxygen atoms in total. The Morgan fingerprint density at radius 3 is 1.59 bits per heavy atom. The number of aromatic amines is 1. The Bertz CT molecular complexity index is 3100. The van der Waals surface area contributed by atoms with Crippen molar-refractivity contribution in [2.75, 3.05) is 0 Å². The highest BCUT2D eigenvalue weighted by atomic mass is 32.2. The Morgan fingerprint density at radius 1 is 0.518 bits per heavy atom. The summed E-state index contributed by atoms with van der Waals surface area (Å²) in [5.74, 6) is 0. The second-order valence-electron chi connectivity index (χ2n) is 13.4. The molecule has 1 aromatic heterocycles. The number of hydrogen-bond donors (Lipinski definition) is 5. The van der Waals surface area contributed by atoms with Crippen LogP contribution < -0.4 is 21.0 Å². The predicted molar refractivity (Wildman–Crippen MR) is 214 cm³/mol. The van der Waals surface area contributed by atoms with Gasteiger partial charge in [-0.3, -0.25) is 14.4 Å². The third kappa shape index (κ3) is 6.51. The number of benzene rings is 4. The van der Waals surface area contributed by atoms with Crippen LogP contribution in [0.5, 0.6) is 0 Å². The van der Waals surface area contributed by atoms with Crippen molar-refractivity contribution in [3.63, 3.8) is 0 Å². The van der Waals surface area contributed by atoms with Crippen molar-refractivity contribution >= 4 is 54.0 Å². The Labute approximate surface area is 322 Å². The monoisotopic (exact) mass is 776 g/mol. The maximum absolute atomic E-state index is 12.0. The molecule has 274 valence electrons. The lowest BCUT2D eigenvalue weighted by molar-refractivity contribution is -0.537. The van der Waals surface area contributed by atoms with Crippen LogP contribution in [0.25, 0.3) is 22.3 Å². The number of nitrogens with zero attached hydrogens (tertiary/aromatic N) is 1. The van der Waals surface area contributed by atoms with Gasteiger partial charge in [-0.05, 0) is 70.8 Å². The van der Waals surface area contributed by atoms with Crippen molar-refractivity contribution in [2.45, 2.75) is 9.79 Å². The van der Waals surface area contributed by atoms with Gasteiger partial charge in [-0.15, -0.1) is 0 Å². The minimum absolute atomic E-state index is 0.204. The van der Waals surface area contributed by atoms with E-state index in [0.29, 0.717) is 22.5 Å². The summed E-state index contributed by atoms with van der Waals surface area (Å²) in [7, 11) is -8.81. The molecular weight excluding hydrogens is 745 g/mol. The van der Waals surface area contributed by atoms with Crippen molar-refractivity contribution in [3.05, 3.63) is 214 Å². The second-order valence-corrected chi connectivity index (χ2v) is 16.2. The SMILES string of the molecule is O=S(=O)(O)c1ccc(C2=C3C=CC(=N3)C(c3ccccc3)=c3ccc([nH]3)=C(c3ccc(S(=O)(=O)O)cc3)C3=[NH+]C(=C(c4ccccc4)C4=CC=C2[NH2+]4)C=C3)cc1. The van der Waals surface area contributed by atoms with E-state index in [1.807, 2.05) is 109 Å². The molecular formula is C44H32N4O6S2+2. The molecule has 0 atom stereocenters. The summed E-state index contributed by atoms with van der Waals surface area (Å²) < 4.78 is 67.4. The maximum Gasteiger partial charge on any atom is 0.294 e. The zero-order valence-electron chi connectivity index (χ0n) is 29.4. The molecule has 0 unspecified atom stereocenters. The number of rotatable bonds is 6. The normalized spacial score (nSPS) is 16.7. The molecule has 6 N–H and O–H groups in total. The van der Waals surface area contributed by atoms with Crippen LogP contribution in [-0.4, -0.2) is 42.3 Å². The smallest absolute Gasteiger partial charge is 0.294 e. The number of fused-ring (bicyclic) bond motifs is 6. The molecule has 56 heavy (non-hydrogen) atoms. The largest absolute Gasteiger partial charge is 0.354 e. The molecule has 0 spiro atoms. The fraction of sp³-hybridized carbons (Fsp3) is 0. The van der Waals surface area contributed by atoms with E-state index in [9.17, 15) is 25.9 Å². The van der Waals surface area contributed by atoms with Crippen LogP contribution in [0.3, 0.4) is 0 Å². The van der Waals surface area contributed by atoms with E-state index in [1.165, 1.54) is 24.3 Å². The van der Waals surface area contributed by atoms with Crippen LogP contribution >= 0.6 is 0 Å². The maximum atomic E-state index is 12.0. The lowest BCUT2D eigenvalue weighted by Gasteiger charge is -2.13. The van der Waals surface area contributed by atoms with E-state index < -0.39 is 20.2 Å². The lowest BCUT2D eigenvalue weighted by Crippen LogP contribution is -2.79. The van der Waals surface area contributed by atoms with E-state index >= 15 is 0 Å². The molecule has 9 rings (SSSR count). The van der Waals surface area contributed by atoms with Crippen LogP contribution in [0.2, 0.25) is 0 Å². The summed E-state index contributed by atoms with van der Waals surface area (Å²) in [6.45, 7) is 0. The highest BCUT2D eigenvalue weighted by molar-refractivity contribution is 7.86. The van der Waals surface area contributed by atoms with E-state index in [1.54, 1.807) is 24.3 Å². The van der Waals surface area contributed by atoms with Crippen LogP contribution in [-0.2, 0) is 20.2 Å². The van der Waals surface area contributed by atoms with Gasteiger partial charge < -0.3 is 4.98 Å². The van der Waals surface area contributed by atoms with Gasteiger partial charge in [0.1, 0.15) is 17.0 Å². The minimum Gasteiger partial charge on any atom is -0.354 e. The quantitative estimate of drug-likeness (QED) is 0.166. The first kappa shape index (κ1) is 35.2. The third-order valence-corrected chi connectivity index (χ3v) is 11.7. The number of aromatic nitrogens is 1. The fourth-order valence-corrected chi connectivity index (χ4v) is 8.36. The summed E-state index contributed by atoms with van der Waals surface area (Å²) in [6, 6.07) is 36.1. The Morgan fingerprint density at radius 2 is 1.02 bits per heavy atom. The van der Waals surface area contributed by atoms with Crippen LogP contribution in [0.4, 0.5) is 0 Å². The van der Waals surface area contributed by atoms with Crippen molar-refractivity contribution in [1.29, 1.82) is 0 Å². The first-order valence-corrected chi connectivity index (χ1v) is 20.5. The highest BCUT2D eigenvalue weighted by Crippen LogP contribution is 2.33. The second kappa shape index (κ2) is 13.6. The molecule has 0 radical (unpaired) electrons. The van der Waals surface area contributed by atoms with Gasteiger partial charge in [0, 0.05) is 35.2 Å². The van der Waals surface area contributed by atoms with Gasteiger partial charge in [0.25, 0.3) is 20.2 Å². The van der Waals surface area contributed by atoms with E-state index in [4.69, 9.17) is 4.99 Å². The summed E-state index contributed by atoms with van der Waals surface area (Å²) in [4.78, 5) is 12.1. The zero-order valence-corrected chi connectivity index (χ0v) is 31.0. The lowest BCUT2D eigenvalue weighted by atomic mass is 9.99. The molecule has 12 heteroatoms. The predicted octanol–water partition coefficient (Wildman–Crippen LogP) is 3.19. The topological polar surface area (TPSA) is 167 Å². The molecule has 4 aliphatic rings. The first-order chi connectivity index (χ1) is 27.0. The molecule has 0 amide bonds. The van der Waals surface area contributed by atoms with Crippen molar-refractivity contribution in [2.24, 2.45) is 4.99 Å². The van der Waals surface area contributed by atoms with Gasteiger partial charge in [0.15, 0.2) is 0 Å². The van der Waals surface area contributed by atoms with Gasteiger partial charge in [-0.1, -0.05) is 84.9 Å². The van der Waals surface area contributed by atoms with E-state index in [0.717, 1.165) is 66.9 Å². The van der Waals surface area contributed by atoms with Crippen LogP contribution in [0.15, 0.2) is 195 Å². The molecule has 0 aliphatic carbocycles. The number of aliphatic imine (C=N–C) groups is 1. The van der Waals surface area contributed by atoms with Gasteiger partial charge in [0.05, 0.1) is 37.7 Å². The van der Waals surface area contributed by atoms with Crippen LogP contribution in [0.1, 0.15) is 22.3 Å². The number of allylic oxidation sites excluding steroid dienone is 8. The Kier molecular flexibility index (Phi) is 8.57. The van der Waals surface area contributed by atoms with Crippen LogP contribution in [0, 0.1) is 0 Å². The average Bonchev–Trinajstić information content (AvgIpc) is 4.03.